The molecule has 2 unspecified atom stereocenters. The van der Waals surface area contributed by atoms with Gasteiger partial charge in [-0.05, 0) is 105 Å². The van der Waals surface area contributed by atoms with Crippen LogP contribution in [0.5, 0.6) is 0 Å². The number of aryl methyl sites for hydroxylation is 1. The Labute approximate surface area is 394 Å². The molecule has 5 aromatic rings. The smallest absolute Gasteiger partial charge is 0.258 e. The van der Waals surface area contributed by atoms with Gasteiger partial charge in [-0.1, -0.05) is 81.7 Å². The molecule has 0 aliphatic rings. The zero-order valence-electron chi connectivity index (χ0n) is 32.6. The van der Waals surface area contributed by atoms with Gasteiger partial charge in [0.2, 0.25) is 12.1 Å². The molecule has 0 saturated carbocycles. The first-order valence-corrected chi connectivity index (χ1v) is 21.0. The van der Waals surface area contributed by atoms with Crippen molar-refractivity contribution in [2.24, 2.45) is 20.5 Å². The van der Waals surface area contributed by atoms with Crippen LogP contribution in [-0.2, 0) is 25.6 Å². The second-order valence-electron chi connectivity index (χ2n) is 13.2. The molecule has 4 N–H and O–H groups in total. The van der Waals surface area contributed by atoms with Crippen molar-refractivity contribution in [3.05, 3.63) is 138 Å². The third-order valence-electron chi connectivity index (χ3n) is 8.63. The molecule has 2 atom stereocenters. The number of amides is 4. The highest BCUT2D eigenvalue weighted by Gasteiger charge is 2.26. The summed E-state index contributed by atoms with van der Waals surface area (Å²) >= 11 is 43.4. The molecule has 5 rings (SSSR count). The number of halogens is 7. The van der Waals surface area contributed by atoms with Crippen LogP contribution in [0.3, 0.4) is 0 Å². The Morgan fingerprint density at radius 2 is 0.952 bits per heavy atom. The molecule has 4 amide bonds. The molecule has 0 heterocycles. The van der Waals surface area contributed by atoms with Crippen LogP contribution in [0.25, 0.3) is 0 Å². The van der Waals surface area contributed by atoms with Gasteiger partial charge in [0.15, 0.2) is 11.6 Å². The van der Waals surface area contributed by atoms with E-state index in [1.807, 2.05) is 0 Å². The molecular formula is C42H31Cl7N8O6. The fraction of sp³-hybridized carbons (Fsp3) is 0.143. The van der Waals surface area contributed by atoms with Crippen molar-refractivity contribution >= 4 is 151 Å². The molecule has 0 spiro atoms. The summed E-state index contributed by atoms with van der Waals surface area (Å²) in [6, 6.07) is 18.8. The number of carbonyl (C=O) groups excluding carboxylic acids is 6. The summed E-state index contributed by atoms with van der Waals surface area (Å²) in [5.41, 5.74) is 1.43. The third-order valence-corrected chi connectivity index (χ3v) is 10.7. The fourth-order valence-electron chi connectivity index (χ4n) is 5.49. The van der Waals surface area contributed by atoms with Gasteiger partial charge in [0.05, 0.1) is 64.0 Å². The Kier molecular flexibility index (Phi) is 17.2. The molecule has 0 bridgehead atoms. The number of nitrogens with one attached hydrogen (secondary N) is 4. The lowest BCUT2D eigenvalue weighted by Gasteiger charge is -2.15. The normalized spacial score (nSPS) is 12.1. The summed E-state index contributed by atoms with van der Waals surface area (Å²) < 4.78 is 0. The van der Waals surface area contributed by atoms with Crippen LogP contribution in [0.4, 0.5) is 34.1 Å². The molecule has 5 aromatic carbocycles. The monoisotopic (exact) mass is 988 g/mol. The van der Waals surface area contributed by atoms with Crippen LogP contribution in [0, 0.1) is 0 Å². The van der Waals surface area contributed by atoms with Crippen molar-refractivity contribution in [2.75, 3.05) is 27.1 Å². The molecule has 0 fully saturated rings. The molecule has 0 radical (unpaired) electrons. The van der Waals surface area contributed by atoms with Crippen molar-refractivity contribution in [1.82, 2.24) is 0 Å². The minimum Gasteiger partial charge on any atom is -0.324 e. The Bertz CT molecular complexity index is 2660. The highest BCUT2D eigenvalue weighted by molar-refractivity contribution is 6.41. The van der Waals surface area contributed by atoms with Crippen LogP contribution < -0.4 is 21.3 Å². The molecular weight excluding hydrogens is 961 g/mol. The summed E-state index contributed by atoms with van der Waals surface area (Å²) in [5.74, 6) is -4.19. The zero-order valence-corrected chi connectivity index (χ0v) is 37.9. The first-order valence-electron chi connectivity index (χ1n) is 18.2. The SMILES string of the molecule is CC(=O)C(N=Nc1ccc(Cl)c(C(=O)Nc2c(Cl)cccc2Cl)c1)C(=O)Nc1ccc(NC(=O)C(N=Nc2ccc(Cl)c(C(=O)Nc3c(Cl)cccc3Cl)c2)C(C)=O)c(CCCl)c1. The number of anilines is 4. The van der Waals surface area contributed by atoms with E-state index in [0.29, 0.717) is 5.56 Å². The predicted octanol–water partition coefficient (Wildman–Crippen LogP) is 12.3. The van der Waals surface area contributed by atoms with E-state index in [1.54, 1.807) is 36.4 Å². The maximum Gasteiger partial charge on any atom is 0.258 e. The van der Waals surface area contributed by atoms with Crippen LogP contribution in [0.1, 0.15) is 40.1 Å². The van der Waals surface area contributed by atoms with Crippen LogP contribution in [-0.4, -0.2) is 53.2 Å². The van der Waals surface area contributed by atoms with E-state index < -0.39 is 47.3 Å². The molecule has 14 nitrogen and oxygen atoms in total. The summed E-state index contributed by atoms with van der Waals surface area (Å²) in [6.45, 7) is 2.30. The first kappa shape index (κ1) is 48.6. The Balaban J connectivity index is 1.28. The maximum absolute atomic E-state index is 13.4. The molecule has 0 saturated heterocycles. The molecule has 0 aliphatic carbocycles. The van der Waals surface area contributed by atoms with E-state index in [2.05, 4.69) is 41.7 Å². The quantitative estimate of drug-likeness (QED) is 0.0430. The maximum atomic E-state index is 13.4. The van der Waals surface area contributed by atoms with Gasteiger partial charge in [0.1, 0.15) is 0 Å². The predicted molar refractivity (Wildman–Crippen MR) is 248 cm³/mol. The van der Waals surface area contributed by atoms with Crippen LogP contribution >= 0.6 is 81.2 Å². The van der Waals surface area contributed by atoms with Gasteiger partial charge < -0.3 is 21.3 Å². The summed E-state index contributed by atoms with van der Waals surface area (Å²) in [7, 11) is 0. The molecule has 63 heavy (non-hydrogen) atoms. The van der Waals surface area contributed by atoms with Gasteiger partial charge in [-0.15, -0.1) is 11.6 Å². The average molecular weight is 992 g/mol. The van der Waals surface area contributed by atoms with Crippen molar-refractivity contribution in [1.29, 1.82) is 0 Å². The second-order valence-corrected chi connectivity index (χ2v) is 16.0. The topological polar surface area (TPSA) is 200 Å². The van der Waals surface area contributed by atoms with E-state index >= 15 is 0 Å². The van der Waals surface area contributed by atoms with Gasteiger partial charge in [-0.25, -0.2) is 0 Å². The average Bonchev–Trinajstić information content (AvgIpc) is 3.22. The van der Waals surface area contributed by atoms with Gasteiger partial charge >= 0.3 is 0 Å². The number of rotatable bonds is 16. The zero-order chi connectivity index (χ0) is 46.0. The number of carbonyl (C=O) groups is 6. The molecule has 0 aromatic heterocycles. The highest BCUT2D eigenvalue weighted by Crippen LogP contribution is 2.33. The van der Waals surface area contributed by atoms with Crippen molar-refractivity contribution in [3.63, 3.8) is 0 Å². The molecule has 21 heteroatoms. The number of hydrogen-bond donors (Lipinski definition) is 4. The minimum absolute atomic E-state index is 0.0109. The summed E-state index contributed by atoms with van der Waals surface area (Å²) in [6.07, 6.45) is 0.202. The number of nitrogens with zero attached hydrogens (tertiary/aromatic N) is 4. The van der Waals surface area contributed by atoms with E-state index in [1.165, 1.54) is 54.6 Å². The van der Waals surface area contributed by atoms with E-state index in [-0.39, 0.29) is 87.7 Å². The Hall–Kier alpha value is -5.45. The number of ketones is 2. The van der Waals surface area contributed by atoms with E-state index in [0.717, 1.165) is 13.8 Å². The number of hydrogen-bond acceptors (Lipinski definition) is 10. The van der Waals surface area contributed by atoms with Crippen molar-refractivity contribution < 1.29 is 28.8 Å². The van der Waals surface area contributed by atoms with Crippen molar-refractivity contribution in [3.8, 4) is 0 Å². The van der Waals surface area contributed by atoms with Crippen LogP contribution in [0.2, 0.25) is 30.1 Å². The van der Waals surface area contributed by atoms with Gasteiger partial charge in [0.25, 0.3) is 23.6 Å². The van der Waals surface area contributed by atoms with E-state index in [9.17, 15) is 28.8 Å². The molecule has 324 valence electrons. The van der Waals surface area contributed by atoms with Crippen molar-refractivity contribution in [2.45, 2.75) is 32.4 Å². The number of azo groups is 2. The Morgan fingerprint density at radius 1 is 0.524 bits per heavy atom. The lowest BCUT2D eigenvalue weighted by molar-refractivity contribution is -0.127. The fourth-order valence-corrected chi connectivity index (χ4v) is 7.09. The summed E-state index contributed by atoms with van der Waals surface area (Å²) in [5, 5.41) is 27.4. The lowest BCUT2D eigenvalue weighted by atomic mass is 10.1. The number of benzene rings is 5. The third kappa shape index (κ3) is 12.8. The van der Waals surface area contributed by atoms with Gasteiger partial charge in [-0.2, -0.15) is 20.5 Å². The minimum atomic E-state index is -1.61. The molecule has 0 aliphatic heterocycles. The standard InChI is InChI=1S/C42H31Cl7N8O6/c1-20(58)35(56-54-24-9-12-28(44)26(18-24)39(60)52-37-30(46)5-3-6-31(37)47)41(62)50-23-11-14-34(22(17-23)15-16-43)51-42(63)36(21(2)59)57-55-25-10-13-29(45)27(19-25)40(61)53-38-32(48)7-4-8-33(38)49/h3-14,17-19,35-36H,15-16H2,1-2H3,(H,50,62)(H,51,63)(H,52,60)(H,53,61). The number of alkyl halides is 1. The Morgan fingerprint density at radius 3 is 1.37 bits per heavy atom. The lowest BCUT2D eigenvalue weighted by Crippen LogP contribution is -2.32. The number of para-hydroxylation sites is 2. The highest BCUT2D eigenvalue weighted by atomic mass is 35.5. The van der Waals surface area contributed by atoms with Crippen LogP contribution in [0.15, 0.2) is 111 Å². The first-order chi connectivity index (χ1) is 30.0. The second kappa shape index (κ2) is 22.3. The summed E-state index contributed by atoms with van der Waals surface area (Å²) in [4.78, 5) is 78.1. The van der Waals surface area contributed by atoms with Gasteiger partial charge in [-0.3, -0.25) is 28.8 Å². The largest absolute Gasteiger partial charge is 0.324 e. The van der Waals surface area contributed by atoms with Gasteiger partial charge in [0, 0.05) is 17.3 Å². The van der Waals surface area contributed by atoms with E-state index in [4.69, 9.17) is 81.2 Å². The number of Topliss-reactive ketones (excluding diaryl/α,β-unsaturated/α-hetero) is 2.